The van der Waals surface area contributed by atoms with E-state index in [0.29, 0.717) is 6.10 Å². The number of nitrogens with two attached hydrogens (primary N) is 1. The van der Waals surface area contributed by atoms with Crippen LogP contribution < -0.4 is 10.5 Å². The number of hydrogen-bond donors (Lipinski definition) is 1. The Kier molecular flexibility index (Phi) is 3.87. The van der Waals surface area contributed by atoms with Gasteiger partial charge in [0.15, 0.2) is 0 Å². The number of rotatable bonds is 3. The van der Waals surface area contributed by atoms with E-state index in [9.17, 15) is 0 Å². The summed E-state index contributed by atoms with van der Waals surface area (Å²) in [6.45, 7) is 1.98. The predicted molar refractivity (Wildman–Crippen MR) is 69.6 cm³/mol. The maximum absolute atomic E-state index is 5.92. The van der Waals surface area contributed by atoms with Crippen molar-refractivity contribution in [3.05, 3.63) is 28.2 Å². The summed E-state index contributed by atoms with van der Waals surface area (Å²) < 4.78 is 6.96. The van der Waals surface area contributed by atoms with Crippen LogP contribution in [-0.4, -0.2) is 6.10 Å². The molecule has 0 radical (unpaired) electrons. The standard InChI is InChI=1S/C13H18BrNO/c1-9(15)12-7-6-11(8-13(12)14)16-10-4-2-3-5-10/h6-10H,2-5,15H2,1H3/t9-/m0/s1. The first-order valence-corrected chi connectivity index (χ1v) is 6.68. The molecule has 0 aliphatic heterocycles. The van der Waals surface area contributed by atoms with Gasteiger partial charge in [-0.3, -0.25) is 0 Å². The van der Waals surface area contributed by atoms with Crippen LogP contribution in [0.2, 0.25) is 0 Å². The molecule has 1 saturated carbocycles. The molecule has 0 unspecified atom stereocenters. The highest BCUT2D eigenvalue weighted by Crippen LogP contribution is 2.29. The summed E-state index contributed by atoms with van der Waals surface area (Å²) in [5, 5.41) is 0. The predicted octanol–water partition coefficient (Wildman–Crippen LogP) is 3.79. The van der Waals surface area contributed by atoms with Gasteiger partial charge in [0, 0.05) is 10.5 Å². The Hall–Kier alpha value is -0.540. The van der Waals surface area contributed by atoms with Gasteiger partial charge in [-0.15, -0.1) is 0 Å². The van der Waals surface area contributed by atoms with E-state index in [1.165, 1.54) is 25.7 Å². The van der Waals surface area contributed by atoms with Gasteiger partial charge in [-0.05, 0) is 50.3 Å². The molecule has 3 heteroatoms. The fourth-order valence-electron chi connectivity index (χ4n) is 2.15. The molecular weight excluding hydrogens is 266 g/mol. The summed E-state index contributed by atoms with van der Waals surface area (Å²) in [4.78, 5) is 0. The van der Waals surface area contributed by atoms with Crippen molar-refractivity contribution in [2.75, 3.05) is 0 Å². The Labute approximate surface area is 105 Å². The number of ether oxygens (including phenoxy) is 1. The van der Waals surface area contributed by atoms with E-state index in [0.717, 1.165) is 15.8 Å². The monoisotopic (exact) mass is 283 g/mol. The molecule has 0 saturated heterocycles. The van der Waals surface area contributed by atoms with Crippen LogP contribution in [0.15, 0.2) is 22.7 Å². The average molecular weight is 284 g/mol. The highest BCUT2D eigenvalue weighted by Gasteiger charge is 2.17. The molecule has 0 amide bonds. The van der Waals surface area contributed by atoms with E-state index in [1.54, 1.807) is 0 Å². The zero-order chi connectivity index (χ0) is 11.5. The van der Waals surface area contributed by atoms with Gasteiger partial charge in [0.05, 0.1) is 6.10 Å². The van der Waals surface area contributed by atoms with Crippen LogP contribution in [0, 0.1) is 0 Å². The smallest absolute Gasteiger partial charge is 0.120 e. The van der Waals surface area contributed by atoms with Crippen LogP contribution in [0.25, 0.3) is 0 Å². The molecule has 0 spiro atoms. The SMILES string of the molecule is C[C@H](N)c1ccc(OC2CCCC2)cc1Br. The van der Waals surface area contributed by atoms with Crippen LogP contribution >= 0.6 is 15.9 Å². The Morgan fingerprint density at radius 3 is 2.62 bits per heavy atom. The Morgan fingerprint density at radius 1 is 1.38 bits per heavy atom. The number of benzene rings is 1. The molecule has 16 heavy (non-hydrogen) atoms. The lowest BCUT2D eigenvalue weighted by molar-refractivity contribution is 0.210. The lowest BCUT2D eigenvalue weighted by Crippen LogP contribution is -2.11. The highest BCUT2D eigenvalue weighted by molar-refractivity contribution is 9.10. The van der Waals surface area contributed by atoms with E-state index >= 15 is 0 Å². The third-order valence-corrected chi connectivity index (χ3v) is 3.75. The third-order valence-electron chi connectivity index (χ3n) is 3.07. The molecule has 1 aliphatic rings. The molecule has 1 aromatic carbocycles. The van der Waals surface area contributed by atoms with E-state index in [2.05, 4.69) is 15.9 Å². The lowest BCUT2D eigenvalue weighted by atomic mass is 10.1. The van der Waals surface area contributed by atoms with Gasteiger partial charge < -0.3 is 10.5 Å². The topological polar surface area (TPSA) is 35.2 Å². The van der Waals surface area contributed by atoms with Gasteiger partial charge in [-0.25, -0.2) is 0 Å². The average Bonchev–Trinajstić information content (AvgIpc) is 2.70. The van der Waals surface area contributed by atoms with Crippen LogP contribution in [0.5, 0.6) is 5.75 Å². The second kappa shape index (κ2) is 5.19. The fraction of sp³-hybridized carbons (Fsp3) is 0.538. The summed E-state index contributed by atoms with van der Waals surface area (Å²) >= 11 is 3.54. The van der Waals surface area contributed by atoms with Crippen LogP contribution in [0.1, 0.15) is 44.2 Å². The van der Waals surface area contributed by atoms with Crippen LogP contribution in [-0.2, 0) is 0 Å². The summed E-state index contributed by atoms with van der Waals surface area (Å²) in [7, 11) is 0. The number of hydrogen-bond acceptors (Lipinski definition) is 2. The fourth-order valence-corrected chi connectivity index (χ4v) is 2.87. The minimum absolute atomic E-state index is 0.0508. The van der Waals surface area contributed by atoms with Crippen LogP contribution in [0.3, 0.4) is 0 Å². The highest BCUT2D eigenvalue weighted by atomic mass is 79.9. The largest absolute Gasteiger partial charge is 0.490 e. The first-order chi connectivity index (χ1) is 7.66. The zero-order valence-electron chi connectivity index (χ0n) is 9.58. The minimum atomic E-state index is 0.0508. The van der Waals surface area contributed by atoms with Crippen molar-refractivity contribution in [3.63, 3.8) is 0 Å². The van der Waals surface area contributed by atoms with Gasteiger partial charge in [0.1, 0.15) is 5.75 Å². The minimum Gasteiger partial charge on any atom is -0.490 e. The van der Waals surface area contributed by atoms with Crippen molar-refractivity contribution in [2.24, 2.45) is 5.73 Å². The molecule has 0 aromatic heterocycles. The summed E-state index contributed by atoms with van der Waals surface area (Å²) in [5.41, 5.74) is 6.98. The quantitative estimate of drug-likeness (QED) is 0.916. The van der Waals surface area contributed by atoms with Gasteiger partial charge in [-0.1, -0.05) is 22.0 Å². The van der Waals surface area contributed by atoms with Crippen molar-refractivity contribution in [3.8, 4) is 5.75 Å². The molecule has 0 heterocycles. The van der Waals surface area contributed by atoms with E-state index in [1.807, 2.05) is 25.1 Å². The lowest BCUT2D eigenvalue weighted by Gasteiger charge is -2.15. The zero-order valence-corrected chi connectivity index (χ0v) is 11.2. The molecular formula is C13H18BrNO. The molecule has 1 aliphatic carbocycles. The molecule has 88 valence electrons. The first kappa shape index (κ1) is 11.9. The van der Waals surface area contributed by atoms with Crippen molar-refractivity contribution in [1.82, 2.24) is 0 Å². The molecule has 1 aromatic rings. The van der Waals surface area contributed by atoms with Crippen molar-refractivity contribution >= 4 is 15.9 Å². The van der Waals surface area contributed by atoms with Crippen molar-refractivity contribution < 1.29 is 4.74 Å². The second-order valence-corrected chi connectivity index (χ2v) is 5.35. The summed E-state index contributed by atoms with van der Waals surface area (Å²) in [6, 6.07) is 6.13. The normalized spacial score (nSPS) is 18.7. The van der Waals surface area contributed by atoms with Gasteiger partial charge >= 0.3 is 0 Å². The molecule has 1 atom stereocenters. The molecule has 1 fully saturated rings. The van der Waals surface area contributed by atoms with Gasteiger partial charge in [0.2, 0.25) is 0 Å². The summed E-state index contributed by atoms with van der Waals surface area (Å²) in [5.74, 6) is 0.947. The van der Waals surface area contributed by atoms with E-state index in [4.69, 9.17) is 10.5 Å². The van der Waals surface area contributed by atoms with Gasteiger partial charge in [0.25, 0.3) is 0 Å². The summed E-state index contributed by atoms with van der Waals surface area (Å²) in [6.07, 6.45) is 5.38. The maximum atomic E-state index is 5.92. The molecule has 2 nitrogen and oxygen atoms in total. The van der Waals surface area contributed by atoms with Gasteiger partial charge in [-0.2, -0.15) is 0 Å². The maximum Gasteiger partial charge on any atom is 0.120 e. The van der Waals surface area contributed by atoms with E-state index in [-0.39, 0.29) is 6.04 Å². The van der Waals surface area contributed by atoms with E-state index < -0.39 is 0 Å². The third kappa shape index (κ3) is 2.77. The Bertz CT molecular complexity index is 359. The second-order valence-electron chi connectivity index (χ2n) is 4.50. The Balaban J connectivity index is 2.08. The van der Waals surface area contributed by atoms with Crippen LogP contribution in [0.4, 0.5) is 0 Å². The molecule has 2 N–H and O–H groups in total. The molecule has 2 rings (SSSR count). The van der Waals surface area contributed by atoms with Crippen molar-refractivity contribution in [2.45, 2.75) is 44.8 Å². The number of halogens is 1. The molecule has 0 bridgehead atoms. The Morgan fingerprint density at radius 2 is 2.06 bits per heavy atom. The first-order valence-electron chi connectivity index (χ1n) is 5.88. The van der Waals surface area contributed by atoms with Crippen molar-refractivity contribution in [1.29, 1.82) is 0 Å².